The van der Waals surface area contributed by atoms with E-state index in [0.29, 0.717) is 48.0 Å². The zero-order chi connectivity index (χ0) is 21.3. The number of morpholine rings is 1. The van der Waals surface area contributed by atoms with Gasteiger partial charge in [-0.1, -0.05) is 11.3 Å². The van der Waals surface area contributed by atoms with Crippen LogP contribution in [0.4, 0.5) is 0 Å². The van der Waals surface area contributed by atoms with Crippen LogP contribution in [0.15, 0.2) is 44.4 Å². The number of amides is 1. The SMILES string of the molecule is Cc1ccc(CNS(=O)(=O)c2ccc3c(c2)sc(=O)n3CC(=O)N2CCOCC2)o1. The number of furan rings is 1. The summed E-state index contributed by atoms with van der Waals surface area (Å²) in [4.78, 5) is 26.4. The number of thiazole rings is 1. The Bertz CT molecular complexity index is 1230. The van der Waals surface area contributed by atoms with Crippen molar-refractivity contribution in [3.05, 3.63) is 51.5 Å². The summed E-state index contributed by atoms with van der Waals surface area (Å²) >= 11 is 0.917. The van der Waals surface area contributed by atoms with Crippen molar-refractivity contribution in [1.82, 2.24) is 14.2 Å². The van der Waals surface area contributed by atoms with E-state index in [1.165, 1.54) is 16.7 Å². The van der Waals surface area contributed by atoms with Gasteiger partial charge in [-0.05, 0) is 37.3 Å². The van der Waals surface area contributed by atoms with Gasteiger partial charge < -0.3 is 14.1 Å². The molecule has 0 atom stereocenters. The minimum Gasteiger partial charge on any atom is -0.465 e. The van der Waals surface area contributed by atoms with Crippen LogP contribution in [0.25, 0.3) is 10.2 Å². The van der Waals surface area contributed by atoms with E-state index in [4.69, 9.17) is 9.15 Å². The van der Waals surface area contributed by atoms with Gasteiger partial charge in [0.05, 0.1) is 34.9 Å². The van der Waals surface area contributed by atoms with E-state index in [-0.39, 0.29) is 28.8 Å². The van der Waals surface area contributed by atoms with Crippen molar-refractivity contribution in [3.8, 4) is 0 Å². The molecule has 11 heteroatoms. The summed E-state index contributed by atoms with van der Waals surface area (Å²) in [7, 11) is -3.79. The first-order valence-corrected chi connectivity index (χ1v) is 11.7. The Morgan fingerprint density at radius 2 is 1.97 bits per heavy atom. The molecule has 1 aliphatic heterocycles. The number of hydrogen-bond donors (Lipinski definition) is 1. The van der Waals surface area contributed by atoms with Gasteiger partial charge in [0.25, 0.3) is 0 Å². The van der Waals surface area contributed by atoms with Crippen molar-refractivity contribution >= 4 is 37.5 Å². The number of ether oxygens (including phenoxy) is 1. The Balaban J connectivity index is 1.54. The second-order valence-corrected chi connectivity index (χ2v) is 9.67. The molecule has 0 spiro atoms. The number of sulfonamides is 1. The summed E-state index contributed by atoms with van der Waals surface area (Å²) in [6, 6.07) is 7.91. The lowest BCUT2D eigenvalue weighted by molar-refractivity contribution is -0.135. The number of aromatic nitrogens is 1. The van der Waals surface area contributed by atoms with Gasteiger partial charge in [0, 0.05) is 13.1 Å². The van der Waals surface area contributed by atoms with E-state index in [9.17, 15) is 18.0 Å². The minimum absolute atomic E-state index is 0.0273. The Morgan fingerprint density at radius 3 is 2.67 bits per heavy atom. The summed E-state index contributed by atoms with van der Waals surface area (Å²) in [5.41, 5.74) is 0.534. The molecule has 0 aliphatic carbocycles. The smallest absolute Gasteiger partial charge is 0.308 e. The van der Waals surface area contributed by atoms with Crippen molar-refractivity contribution in [2.24, 2.45) is 0 Å². The number of hydrogen-bond acceptors (Lipinski definition) is 7. The average Bonchev–Trinajstić information content (AvgIpc) is 3.29. The van der Waals surface area contributed by atoms with Gasteiger partial charge in [0.2, 0.25) is 15.9 Å². The Kier molecular flexibility index (Phi) is 5.78. The maximum atomic E-state index is 12.6. The van der Waals surface area contributed by atoms with E-state index in [1.807, 2.05) is 0 Å². The predicted octanol–water partition coefficient (Wildman–Crippen LogP) is 1.30. The molecule has 160 valence electrons. The predicted molar refractivity (Wildman–Crippen MR) is 111 cm³/mol. The number of nitrogens with one attached hydrogen (secondary N) is 1. The third-order valence-electron chi connectivity index (χ3n) is 4.84. The van der Waals surface area contributed by atoms with Crippen LogP contribution >= 0.6 is 11.3 Å². The van der Waals surface area contributed by atoms with Crippen molar-refractivity contribution in [1.29, 1.82) is 0 Å². The first-order chi connectivity index (χ1) is 14.3. The highest BCUT2D eigenvalue weighted by atomic mass is 32.2. The molecule has 1 amide bonds. The summed E-state index contributed by atoms with van der Waals surface area (Å²) in [5, 5.41) is 0. The third kappa shape index (κ3) is 4.33. The summed E-state index contributed by atoms with van der Waals surface area (Å²) in [5.74, 6) is 1.05. The lowest BCUT2D eigenvalue weighted by Crippen LogP contribution is -2.43. The third-order valence-corrected chi connectivity index (χ3v) is 7.18. The number of rotatable bonds is 6. The largest absolute Gasteiger partial charge is 0.465 e. The fourth-order valence-corrected chi connectivity index (χ4v) is 5.26. The van der Waals surface area contributed by atoms with Gasteiger partial charge in [0.1, 0.15) is 18.1 Å². The van der Waals surface area contributed by atoms with Crippen molar-refractivity contribution in [2.75, 3.05) is 26.3 Å². The van der Waals surface area contributed by atoms with Gasteiger partial charge in [-0.15, -0.1) is 0 Å². The molecule has 1 aromatic carbocycles. The molecule has 2 aromatic heterocycles. The molecule has 3 heterocycles. The molecule has 0 bridgehead atoms. The maximum Gasteiger partial charge on any atom is 0.308 e. The van der Waals surface area contributed by atoms with Gasteiger partial charge in [-0.25, -0.2) is 13.1 Å². The second-order valence-electron chi connectivity index (χ2n) is 6.91. The van der Waals surface area contributed by atoms with Crippen molar-refractivity contribution in [2.45, 2.75) is 24.9 Å². The highest BCUT2D eigenvalue weighted by Gasteiger charge is 2.21. The van der Waals surface area contributed by atoms with E-state index in [0.717, 1.165) is 11.3 Å². The van der Waals surface area contributed by atoms with Crippen molar-refractivity contribution in [3.63, 3.8) is 0 Å². The van der Waals surface area contributed by atoms with Crippen LogP contribution in [0, 0.1) is 6.92 Å². The zero-order valence-electron chi connectivity index (χ0n) is 16.3. The van der Waals surface area contributed by atoms with E-state index >= 15 is 0 Å². The van der Waals surface area contributed by atoms with E-state index < -0.39 is 10.0 Å². The lowest BCUT2D eigenvalue weighted by Gasteiger charge is -2.26. The number of benzene rings is 1. The summed E-state index contributed by atoms with van der Waals surface area (Å²) in [6.07, 6.45) is 0. The standard InChI is InChI=1S/C19H21N3O6S2/c1-13-2-3-14(28-13)11-20-30(25,26)15-4-5-16-17(10-15)29-19(24)22(16)12-18(23)21-6-8-27-9-7-21/h2-5,10,20H,6-9,11-12H2,1H3. The van der Waals surface area contributed by atoms with Crippen LogP contribution in [-0.2, 0) is 32.6 Å². The molecule has 0 saturated carbocycles. The van der Waals surface area contributed by atoms with Crippen LogP contribution in [-0.4, -0.2) is 50.1 Å². The van der Waals surface area contributed by atoms with Crippen LogP contribution in [0.5, 0.6) is 0 Å². The molecule has 0 unspecified atom stereocenters. The summed E-state index contributed by atoms with van der Waals surface area (Å²) in [6.45, 7) is 3.69. The molecular weight excluding hydrogens is 430 g/mol. The molecule has 1 N–H and O–H groups in total. The van der Waals surface area contributed by atoms with Gasteiger partial charge >= 0.3 is 4.87 Å². The second kappa shape index (κ2) is 8.34. The summed E-state index contributed by atoms with van der Waals surface area (Å²) < 4.78 is 40.3. The number of carbonyl (C=O) groups is 1. The van der Waals surface area contributed by atoms with Crippen LogP contribution in [0.2, 0.25) is 0 Å². The number of carbonyl (C=O) groups excluding carboxylic acids is 1. The highest BCUT2D eigenvalue weighted by molar-refractivity contribution is 7.89. The van der Waals surface area contributed by atoms with Crippen LogP contribution in [0.3, 0.4) is 0 Å². The fraction of sp³-hybridized carbons (Fsp3) is 0.368. The molecule has 0 radical (unpaired) electrons. The van der Waals surface area contributed by atoms with Crippen LogP contribution < -0.4 is 9.60 Å². The van der Waals surface area contributed by atoms with Gasteiger partial charge in [0.15, 0.2) is 0 Å². The highest BCUT2D eigenvalue weighted by Crippen LogP contribution is 2.22. The number of nitrogens with zero attached hydrogens (tertiary/aromatic N) is 2. The van der Waals surface area contributed by atoms with E-state index in [1.54, 1.807) is 30.0 Å². The molecule has 4 rings (SSSR count). The molecule has 1 aliphatic rings. The molecule has 1 fully saturated rings. The van der Waals surface area contributed by atoms with Crippen LogP contribution in [0.1, 0.15) is 11.5 Å². The maximum absolute atomic E-state index is 12.6. The van der Waals surface area contributed by atoms with Crippen molar-refractivity contribution < 1.29 is 22.4 Å². The topological polar surface area (TPSA) is 111 Å². The molecular formula is C19H21N3O6S2. The lowest BCUT2D eigenvalue weighted by atomic mass is 10.3. The molecule has 3 aromatic rings. The Morgan fingerprint density at radius 1 is 1.20 bits per heavy atom. The Hall–Kier alpha value is -2.47. The quantitative estimate of drug-likeness (QED) is 0.605. The zero-order valence-corrected chi connectivity index (χ0v) is 17.9. The minimum atomic E-state index is -3.79. The fourth-order valence-electron chi connectivity index (χ4n) is 3.24. The molecule has 9 nitrogen and oxygen atoms in total. The van der Waals surface area contributed by atoms with E-state index in [2.05, 4.69) is 4.72 Å². The molecule has 1 saturated heterocycles. The van der Waals surface area contributed by atoms with Gasteiger partial charge in [-0.2, -0.15) is 0 Å². The normalized spacial score (nSPS) is 15.0. The Labute approximate surface area is 176 Å². The monoisotopic (exact) mass is 451 g/mol. The average molecular weight is 452 g/mol. The first kappa shape index (κ1) is 20.8. The van der Waals surface area contributed by atoms with Gasteiger partial charge in [-0.3, -0.25) is 14.2 Å². The number of fused-ring (bicyclic) bond motifs is 1. The number of aryl methyl sites for hydroxylation is 1. The first-order valence-electron chi connectivity index (χ1n) is 9.37. The molecule has 30 heavy (non-hydrogen) atoms.